The number of carbonyl (C=O) groups is 2. The second-order valence-electron chi connectivity index (χ2n) is 2.98. The van der Waals surface area contributed by atoms with Crippen molar-refractivity contribution in [1.82, 2.24) is 0 Å². The zero-order valence-corrected chi connectivity index (χ0v) is 8.27. The van der Waals surface area contributed by atoms with E-state index < -0.39 is 11.8 Å². The number of primary amides is 2. The maximum Gasteiger partial charge on any atom is 0.241 e. The van der Waals surface area contributed by atoms with Crippen LogP contribution in [0, 0.1) is 5.92 Å². The van der Waals surface area contributed by atoms with Crippen LogP contribution >= 0.6 is 0 Å². The molecule has 0 atom stereocenters. The van der Waals surface area contributed by atoms with Crippen LogP contribution in [-0.4, -0.2) is 11.8 Å². The largest absolute Gasteiger partial charge is 0.366 e. The zero-order chi connectivity index (χ0) is 11.0. The first kappa shape index (κ1) is 12.4. The summed E-state index contributed by atoms with van der Waals surface area (Å²) in [5.41, 5.74) is 9.90. The highest BCUT2D eigenvalue weighted by Crippen LogP contribution is 2.09. The minimum Gasteiger partial charge on any atom is -0.366 e. The summed E-state index contributed by atoms with van der Waals surface area (Å²) >= 11 is 0. The van der Waals surface area contributed by atoms with Gasteiger partial charge in [0.2, 0.25) is 11.8 Å². The molecule has 0 aliphatic heterocycles. The number of amides is 2. The van der Waals surface area contributed by atoms with Crippen molar-refractivity contribution in [2.75, 3.05) is 0 Å². The Balaban J connectivity index is 4.28. The number of hydrogen-bond acceptors (Lipinski definition) is 2. The molecule has 0 rings (SSSR count). The lowest BCUT2D eigenvalue weighted by atomic mass is 10.0. The third-order valence-electron chi connectivity index (χ3n) is 1.64. The molecular formula is C10H16N2O2. The van der Waals surface area contributed by atoms with Crippen molar-refractivity contribution in [3.8, 4) is 0 Å². The average Bonchev–Trinajstić information content (AvgIpc) is 2.09. The van der Waals surface area contributed by atoms with Gasteiger partial charge < -0.3 is 11.5 Å². The Morgan fingerprint density at radius 1 is 1.14 bits per heavy atom. The molecule has 0 aliphatic rings. The Labute approximate surface area is 83.6 Å². The first-order valence-electron chi connectivity index (χ1n) is 4.51. The van der Waals surface area contributed by atoms with Crippen molar-refractivity contribution in [3.63, 3.8) is 0 Å². The molecule has 4 heteroatoms. The quantitative estimate of drug-likeness (QED) is 0.605. The van der Waals surface area contributed by atoms with Gasteiger partial charge in [0.1, 0.15) is 0 Å². The van der Waals surface area contributed by atoms with E-state index in [4.69, 9.17) is 11.5 Å². The molecule has 0 aromatic rings. The molecule has 0 heterocycles. The van der Waals surface area contributed by atoms with Crippen LogP contribution in [-0.2, 0) is 9.59 Å². The lowest BCUT2D eigenvalue weighted by Gasteiger charge is -2.03. The van der Waals surface area contributed by atoms with Gasteiger partial charge in [-0.1, -0.05) is 25.5 Å². The van der Waals surface area contributed by atoms with Gasteiger partial charge in [0, 0.05) is 0 Å². The van der Waals surface area contributed by atoms with Crippen LogP contribution in [0.25, 0.3) is 0 Å². The van der Waals surface area contributed by atoms with Crippen molar-refractivity contribution in [2.45, 2.75) is 19.8 Å². The molecule has 0 saturated heterocycles. The molecule has 0 fully saturated rings. The molecule has 0 aromatic heterocycles. The van der Waals surface area contributed by atoms with Gasteiger partial charge in [-0.05, 0) is 24.5 Å². The number of carbonyl (C=O) groups excluding carboxylic acids is 2. The summed E-state index contributed by atoms with van der Waals surface area (Å²) in [6, 6.07) is 0. The molecular weight excluding hydrogens is 180 g/mol. The Bertz CT molecular complexity index is 233. The molecule has 4 nitrogen and oxygen atoms in total. The van der Waals surface area contributed by atoms with E-state index in [1.54, 1.807) is 12.2 Å². The highest BCUT2D eigenvalue weighted by Gasteiger charge is 1.99. The van der Waals surface area contributed by atoms with E-state index in [0.717, 1.165) is 12.8 Å². The normalized spacial score (nSPS) is 13.5. The maximum absolute atomic E-state index is 10.5. The predicted molar refractivity (Wildman–Crippen MR) is 55.1 cm³/mol. The second-order valence-corrected chi connectivity index (χ2v) is 2.98. The van der Waals surface area contributed by atoms with Crippen LogP contribution in [0.4, 0.5) is 0 Å². The fourth-order valence-corrected chi connectivity index (χ4v) is 1.03. The highest BCUT2D eigenvalue weighted by atomic mass is 16.1. The SMILES string of the molecule is CCCC(C=CC(N)=O)C=CC(N)=O. The molecule has 0 aromatic carbocycles. The van der Waals surface area contributed by atoms with E-state index in [-0.39, 0.29) is 5.92 Å². The monoisotopic (exact) mass is 196 g/mol. The van der Waals surface area contributed by atoms with Crippen molar-refractivity contribution in [3.05, 3.63) is 24.3 Å². The van der Waals surface area contributed by atoms with E-state index in [1.165, 1.54) is 12.2 Å². The predicted octanol–water partition coefficient (Wildman–Crippen LogP) is 0.486. The van der Waals surface area contributed by atoms with Crippen molar-refractivity contribution in [1.29, 1.82) is 0 Å². The van der Waals surface area contributed by atoms with Crippen molar-refractivity contribution < 1.29 is 9.59 Å². The van der Waals surface area contributed by atoms with E-state index in [9.17, 15) is 9.59 Å². The van der Waals surface area contributed by atoms with Crippen LogP contribution in [0.2, 0.25) is 0 Å². The molecule has 0 saturated carbocycles. The topological polar surface area (TPSA) is 86.2 Å². The van der Waals surface area contributed by atoms with E-state index >= 15 is 0 Å². The summed E-state index contributed by atoms with van der Waals surface area (Å²) in [6.07, 6.45) is 7.75. The highest BCUT2D eigenvalue weighted by molar-refractivity contribution is 5.86. The molecule has 78 valence electrons. The van der Waals surface area contributed by atoms with Crippen LogP contribution in [0.1, 0.15) is 19.8 Å². The van der Waals surface area contributed by atoms with Gasteiger partial charge in [0.15, 0.2) is 0 Å². The molecule has 0 radical (unpaired) electrons. The number of allylic oxidation sites excluding steroid dienone is 2. The molecule has 0 spiro atoms. The Morgan fingerprint density at radius 2 is 1.57 bits per heavy atom. The van der Waals surface area contributed by atoms with Gasteiger partial charge in [-0.25, -0.2) is 0 Å². The summed E-state index contributed by atoms with van der Waals surface area (Å²) in [5, 5.41) is 0. The summed E-state index contributed by atoms with van der Waals surface area (Å²) in [5.74, 6) is -0.933. The Kier molecular flexibility index (Phi) is 6.11. The van der Waals surface area contributed by atoms with Gasteiger partial charge >= 0.3 is 0 Å². The Morgan fingerprint density at radius 3 is 1.86 bits per heavy atom. The van der Waals surface area contributed by atoms with Crippen molar-refractivity contribution in [2.24, 2.45) is 17.4 Å². The molecule has 0 aliphatic carbocycles. The van der Waals surface area contributed by atoms with E-state index in [1.807, 2.05) is 6.92 Å². The lowest BCUT2D eigenvalue weighted by molar-refractivity contribution is -0.114. The summed E-state index contributed by atoms with van der Waals surface area (Å²) < 4.78 is 0. The molecule has 0 bridgehead atoms. The smallest absolute Gasteiger partial charge is 0.241 e. The fraction of sp³-hybridized carbons (Fsp3) is 0.400. The molecule has 14 heavy (non-hydrogen) atoms. The first-order chi connectivity index (χ1) is 6.56. The zero-order valence-electron chi connectivity index (χ0n) is 8.27. The third-order valence-corrected chi connectivity index (χ3v) is 1.64. The summed E-state index contributed by atoms with van der Waals surface area (Å²) in [4.78, 5) is 20.9. The third kappa shape index (κ3) is 7.09. The van der Waals surface area contributed by atoms with Gasteiger partial charge in [-0.3, -0.25) is 9.59 Å². The number of nitrogens with two attached hydrogens (primary N) is 2. The average molecular weight is 196 g/mol. The van der Waals surface area contributed by atoms with Gasteiger partial charge in [0.05, 0.1) is 0 Å². The van der Waals surface area contributed by atoms with Crippen molar-refractivity contribution >= 4 is 11.8 Å². The summed E-state index contributed by atoms with van der Waals surface area (Å²) in [6.45, 7) is 2.02. The second kappa shape index (κ2) is 6.88. The molecule has 0 unspecified atom stereocenters. The standard InChI is InChI=1S/C10H16N2O2/c1-2-3-8(4-6-9(11)13)5-7-10(12)14/h4-8H,2-3H2,1H3,(H2,11,13)(H2,12,14). The molecule has 4 N–H and O–H groups in total. The first-order valence-corrected chi connectivity index (χ1v) is 4.51. The number of hydrogen-bond donors (Lipinski definition) is 2. The lowest BCUT2D eigenvalue weighted by Crippen LogP contribution is -2.08. The van der Waals surface area contributed by atoms with Crippen LogP contribution < -0.4 is 11.5 Å². The minimum absolute atomic E-state index is 0.0417. The van der Waals surface area contributed by atoms with Crippen LogP contribution in [0.3, 0.4) is 0 Å². The molecule has 2 amide bonds. The fourth-order valence-electron chi connectivity index (χ4n) is 1.03. The minimum atomic E-state index is -0.487. The van der Waals surface area contributed by atoms with Crippen LogP contribution in [0.15, 0.2) is 24.3 Å². The maximum atomic E-state index is 10.5. The van der Waals surface area contributed by atoms with Gasteiger partial charge in [0.25, 0.3) is 0 Å². The van der Waals surface area contributed by atoms with Gasteiger partial charge in [-0.15, -0.1) is 0 Å². The Hall–Kier alpha value is -1.58. The van der Waals surface area contributed by atoms with Gasteiger partial charge in [-0.2, -0.15) is 0 Å². The summed E-state index contributed by atoms with van der Waals surface area (Å²) in [7, 11) is 0. The van der Waals surface area contributed by atoms with Crippen LogP contribution in [0.5, 0.6) is 0 Å². The number of rotatable bonds is 6. The van der Waals surface area contributed by atoms with E-state index in [0.29, 0.717) is 0 Å². The van der Waals surface area contributed by atoms with E-state index in [2.05, 4.69) is 0 Å².